The van der Waals surface area contributed by atoms with Crippen molar-refractivity contribution >= 4 is 12.1 Å². The first-order chi connectivity index (χ1) is 19.4. The van der Waals surface area contributed by atoms with Crippen LogP contribution in [0, 0.1) is 23.7 Å². The molecule has 2 aliphatic carbocycles. The van der Waals surface area contributed by atoms with Crippen molar-refractivity contribution in [1.82, 2.24) is 25.4 Å². The van der Waals surface area contributed by atoms with Crippen LogP contribution in [-0.2, 0) is 4.79 Å². The van der Waals surface area contributed by atoms with Crippen molar-refractivity contribution in [1.29, 1.82) is 0 Å². The number of nitrogens with one attached hydrogen (secondary N) is 2. The number of allylic oxidation sites excluding steroid dienone is 4. The highest BCUT2D eigenvalue weighted by atomic mass is 19.4. The Morgan fingerprint density at radius 1 is 1.20 bits per heavy atom. The number of hydrogen-bond donors (Lipinski definition) is 2. The van der Waals surface area contributed by atoms with Crippen LogP contribution in [0.3, 0.4) is 0 Å². The Balaban J connectivity index is 1.28. The second kappa shape index (κ2) is 11.4. The molecule has 0 radical (unpaired) electrons. The lowest BCUT2D eigenvalue weighted by molar-refractivity contribution is -0.118. The standard InChI is InChI=1S/C31H37F3N6O/c1-21-6-7-24(17-23(21)8-9-26-19-35-30(3)10-5-11-36-40(26)30)29(41)37-28-18-27(31(32,33)34)25(16-22(28)2)20-39-14-12-38(4)13-15-39/h5,7,10-11,16-19,21-22,28,35H,6,12-15,20H2,1-4H3,(H,37,41)/t21?,22-,28?,30?/m0/s1. The minimum Gasteiger partial charge on any atom is -0.362 e. The highest BCUT2D eigenvalue weighted by Crippen LogP contribution is 2.37. The Labute approximate surface area is 239 Å². The van der Waals surface area contributed by atoms with Crippen LogP contribution in [0.2, 0.25) is 0 Å². The largest absolute Gasteiger partial charge is 0.416 e. The number of rotatable bonds is 4. The van der Waals surface area contributed by atoms with Gasteiger partial charge in [0.15, 0.2) is 0 Å². The van der Waals surface area contributed by atoms with Crippen LogP contribution in [0.25, 0.3) is 0 Å². The van der Waals surface area contributed by atoms with Crippen molar-refractivity contribution < 1.29 is 18.0 Å². The van der Waals surface area contributed by atoms with Crippen molar-refractivity contribution in [3.8, 4) is 11.8 Å². The highest BCUT2D eigenvalue weighted by Gasteiger charge is 2.40. The molecule has 41 heavy (non-hydrogen) atoms. The average molecular weight is 567 g/mol. The van der Waals surface area contributed by atoms with Crippen molar-refractivity contribution in [3.05, 3.63) is 70.6 Å². The van der Waals surface area contributed by atoms with Crippen molar-refractivity contribution in [2.24, 2.45) is 16.9 Å². The summed E-state index contributed by atoms with van der Waals surface area (Å²) in [5, 5.41) is 12.3. The van der Waals surface area contributed by atoms with Gasteiger partial charge in [0.1, 0.15) is 11.4 Å². The monoisotopic (exact) mass is 566 g/mol. The lowest BCUT2D eigenvalue weighted by atomic mass is 9.86. The Morgan fingerprint density at radius 3 is 2.68 bits per heavy atom. The number of amides is 1. The number of alkyl halides is 3. The summed E-state index contributed by atoms with van der Waals surface area (Å²) in [7, 11) is 2.02. The molecule has 1 fully saturated rings. The molecule has 1 amide bonds. The van der Waals surface area contributed by atoms with Crippen LogP contribution < -0.4 is 10.6 Å². The van der Waals surface area contributed by atoms with Crippen LogP contribution >= 0.6 is 0 Å². The molecule has 5 aliphatic rings. The summed E-state index contributed by atoms with van der Waals surface area (Å²) in [5.41, 5.74) is 1.07. The van der Waals surface area contributed by atoms with Gasteiger partial charge in [-0.05, 0) is 68.0 Å². The summed E-state index contributed by atoms with van der Waals surface area (Å²) in [5.74, 6) is 5.79. The van der Waals surface area contributed by atoms with Gasteiger partial charge in [0.2, 0.25) is 0 Å². The maximum Gasteiger partial charge on any atom is 0.416 e. The number of likely N-dealkylation sites (N-methyl/N-ethyl adjacent to an activating group) is 1. The van der Waals surface area contributed by atoms with E-state index in [1.54, 1.807) is 23.4 Å². The van der Waals surface area contributed by atoms with E-state index in [0.29, 0.717) is 17.7 Å². The Bertz CT molecular complexity index is 1350. The molecular formula is C31H37F3N6O. The number of hydrazone groups is 1. The summed E-state index contributed by atoms with van der Waals surface area (Å²) in [6, 6.07) is -0.768. The van der Waals surface area contributed by atoms with Gasteiger partial charge in [-0.3, -0.25) is 9.69 Å². The van der Waals surface area contributed by atoms with Gasteiger partial charge in [0.25, 0.3) is 5.91 Å². The van der Waals surface area contributed by atoms with Crippen LogP contribution in [0.1, 0.15) is 27.2 Å². The van der Waals surface area contributed by atoms with E-state index in [1.165, 1.54) is 6.08 Å². The fraction of sp³-hybridized carbons (Fsp3) is 0.484. The zero-order valence-electron chi connectivity index (χ0n) is 23.9. The van der Waals surface area contributed by atoms with E-state index in [-0.39, 0.29) is 24.0 Å². The summed E-state index contributed by atoms with van der Waals surface area (Å²) in [4.78, 5) is 17.5. The molecule has 5 rings (SSSR count). The van der Waals surface area contributed by atoms with Gasteiger partial charge < -0.3 is 15.5 Å². The molecule has 4 atom stereocenters. The van der Waals surface area contributed by atoms with Gasteiger partial charge >= 0.3 is 6.18 Å². The molecule has 0 aromatic heterocycles. The van der Waals surface area contributed by atoms with Gasteiger partial charge in [0.05, 0.1) is 11.6 Å². The highest BCUT2D eigenvalue weighted by molar-refractivity contribution is 5.97. The Kier molecular flexibility index (Phi) is 8.04. The third kappa shape index (κ3) is 6.36. The molecule has 3 unspecified atom stereocenters. The summed E-state index contributed by atoms with van der Waals surface area (Å²) < 4.78 is 42.4. The number of fused-ring (bicyclic) bond motifs is 1. The van der Waals surface area contributed by atoms with Crippen molar-refractivity contribution in [2.45, 2.75) is 45.1 Å². The van der Waals surface area contributed by atoms with E-state index < -0.39 is 29.4 Å². The molecule has 218 valence electrons. The Morgan fingerprint density at radius 2 is 1.95 bits per heavy atom. The van der Waals surface area contributed by atoms with Crippen LogP contribution in [0.4, 0.5) is 13.2 Å². The number of nitrogens with zero attached hydrogens (tertiary/aromatic N) is 4. The smallest absolute Gasteiger partial charge is 0.362 e. The number of piperazine rings is 1. The molecule has 2 N–H and O–H groups in total. The number of halogens is 3. The first-order valence-corrected chi connectivity index (χ1v) is 14.1. The molecule has 0 bridgehead atoms. The minimum atomic E-state index is -4.50. The summed E-state index contributed by atoms with van der Waals surface area (Å²) in [6.07, 6.45) is 9.93. The topological polar surface area (TPSA) is 63.2 Å². The molecule has 1 saturated heterocycles. The van der Waals surface area contributed by atoms with Crippen LogP contribution in [-0.4, -0.2) is 84.6 Å². The van der Waals surface area contributed by atoms with Gasteiger partial charge in [-0.15, -0.1) is 0 Å². The lowest BCUT2D eigenvalue weighted by Crippen LogP contribution is -2.46. The number of carbonyl (C=O) groups is 1. The molecule has 3 heterocycles. The van der Waals surface area contributed by atoms with Gasteiger partial charge in [0, 0.05) is 56.3 Å². The maximum atomic E-state index is 14.1. The van der Waals surface area contributed by atoms with Crippen LogP contribution in [0.5, 0.6) is 0 Å². The van der Waals surface area contributed by atoms with Crippen molar-refractivity contribution in [3.63, 3.8) is 0 Å². The molecule has 3 aliphatic heterocycles. The summed E-state index contributed by atoms with van der Waals surface area (Å²) in [6.45, 7) is 9.25. The van der Waals surface area contributed by atoms with Gasteiger partial charge in [-0.25, -0.2) is 5.01 Å². The zero-order valence-corrected chi connectivity index (χ0v) is 23.9. The third-order valence-electron chi connectivity index (χ3n) is 8.30. The molecule has 7 nitrogen and oxygen atoms in total. The molecule has 10 heteroatoms. The molecule has 0 aromatic carbocycles. The van der Waals surface area contributed by atoms with E-state index in [1.807, 2.05) is 52.2 Å². The predicted octanol–water partition coefficient (Wildman–Crippen LogP) is 3.70. The molecular weight excluding hydrogens is 529 g/mol. The molecule has 0 saturated carbocycles. The molecule has 0 aromatic rings. The maximum absolute atomic E-state index is 14.1. The van der Waals surface area contributed by atoms with E-state index in [0.717, 1.165) is 31.8 Å². The summed E-state index contributed by atoms with van der Waals surface area (Å²) >= 11 is 0. The van der Waals surface area contributed by atoms with E-state index in [9.17, 15) is 18.0 Å². The average Bonchev–Trinajstić information content (AvgIpc) is 3.26. The van der Waals surface area contributed by atoms with Crippen LogP contribution in [0.15, 0.2) is 75.7 Å². The minimum absolute atomic E-state index is 0.107. The third-order valence-corrected chi connectivity index (χ3v) is 8.30. The second-order valence-electron chi connectivity index (χ2n) is 11.6. The van der Waals surface area contributed by atoms with Gasteiger partial charge in [-0.1, -0.05) is 31.9 Å². The molecule has 0 spiro atoms. The fourth-order valence-electron chi connectivity index (χ4n) is 5.58. The van der Waals surface area contributed by atoms with Gasteiger partial charge in [-0.2, -0.15) is 18.3 Å². The second-order valence-corrected chi connectivity index (χ2v) is 11.6. The quantitative estimate of drug-likeness (QED) is 0.509. The zero-order chi connectivity index (χ0) is 29.4. The fourth-order valence-corrected chi connectivity index (χ4v) is 5.58. The van der Waals surface area contributed by atoms with E-state index in [4.69, 9.17) is 0 Å². The lowest BCUT2D eigenvalue weighted by Gasteiger charge is -2.35. The number of hydrogen-bond acceptors (Lipinski definition) is 6. The van der Waals surface area contributed by atoms with E-state index >= 15 is 0 Å². The van der Waals surface area contributed by atoms with Crippen molar-refractivity contribution in [2.75, 3.05) is 39.8 Å². The van der Waals surface area contributed by atoms with E-state index in [2.05, 4.69) is 37.4 Å². The Hall–Kier alpha value is -3.55. The first-order valence-electron chi connectivity index (χ1n) is 14.1. The number of carbonyl (C=O) groups excluding carboxylic acids is 1. The predicted molar refractivity (Wildman–Crippen MR) is 154 cm³/mol. The SMILES string of the molecule is CC1CC=C(C(=O)NC2C=C(C(F)(F)F)C(CN3CCN(C)CC3)=C[C@@H]2C)C=C1C#CC1=CNC2(C)C=CC=NN12. The normalized spacial score (nSPS) is 30.2. The first kappa shape index (κ1) is 29.0.